The van der Waals surface area contributed by atoms with Crippen molar-refractivity contribution in [3.8, 4) is 5.82 Å². The van der Waals surface area contributed by atoms with Gasteiger partial charge in [-0.2, -0.15) is 5.10 Å². The van der Waals surface area contributed by atoms with Crippen LogP contribution in [0, 0.1) is 0 Å². The van der Waals surface area contributed by atoms with Crippen LogP contribution < -0.4 is 10.9 Å². The highest BCUT2D eigenvalue weighted by atomic mass is 35.5. The largest absolute Gasteiger partial charge is 0.323 e. The highest BCUT2D eigenvalue weighted by Crippen LogP contribution is 2.26. The number of aromatic nitrogens is 4. The molecule has 7 nitrogen and oxygen atoms in total. The first-order valence-corrected chi connectivity index (χ1v) is 8.07. The zero-order valence-corrected chi connectivity index (χ0v) is 14.6. The van der Waals surface area contributed by atoms with Gasteiger partial charge in [-0.3, -0.25) is 9.59 Å². The molecule has 0 saturated carbocycles. The number of carbonyl (C=O) groups excluding carboxylic acids is 1. The third-order valence-corrected chi connectivity index (χ3v) is 4.05. The van der Waals surface area contributed by atoms with Crippen LogP contribution in [0.5, 0.6) is 0 Å². The SMILES string of the molecule is CC(C(=O)Nc1cc(Cl)ccc1Cl)n1nc(-n2cccn2)ccc1=O. The standard InChI is InChI=1S/C16H13Cl2N5O2/c1-10(16(25)20-13-9-11(17)3-4-12(13)18)23-15(24)6-5-14(21-23)22-8-2-7-19-22/h2-10H,1H3,(H,20,25). The van der Waals surface area contributed by atoms with Gasteiger partial charge in [0.15, 0.2) is 5.82 Å². The molecule has 0 spiro atoms. The maximum Gasteiger partial charge on any atom is 0.267 e. The van der Waals surface area contributed by atoms with Gasteiger partial charge in [0.1, 0.15) is 6.04 Å². The van der Waals surface area contributed by atoms with Crippen LogP contribution in [0.3, 0.4) is 0 Å². The zero-order chi connectivity index (χ0) is 18.0. The quantitative estimate of drug-likeness (QED) is 0.757. The fraction of sp³-hybridized carbons (Fsp3) is 0.125. The molecule has 128 valence electrons. The third kappa shape index (κ3) is 3.72. The Hall–Kier alpha value is -2.64. The molecule has 0 saturated heterocycles. The van der Waals surface area contributed by atoms with E-state index < -0.39 is 17.5 Å². The lowest BCUT2D eigenvalue weighted by atomic mass is 10.2. The Labute approximate surface area is 152 Å². The molecule has 1 N–H and O–H groups in total. The smallest absolute Gasteiger partial charge is 0.267 e. The van der Waals surface area contributed by atoms with Gasteiger partial charge in [-0.1, -0.05) is 23.2 Å². The Morgan fingerprint density at radius 3 is 2.76 bits per heavy atom. The van der Waals surface area contributed by atoms with Crippen LogP contribution in [-0.2, 0) is 4.79 Å². The number of hydrogen-bond donors (Lipinski definition) is 1. The summed E-state index contributed by atoms with van der Waals surface area (Å²) in [6.45, 7) is 1.56. The molecule has 1 unspecified atom stereocenters. The average molecular weight is 378 g/mol. The molecule has 1 atom stereocenters. The number of benzene rings is 1. The van der Waals surface area contributed by atoms with Gasteiger partial charge in [0.25, 0.3) is 5.56 Å². The molecule has 0 aliphatic carbocycles. The summed E-state index contributed by atoms with van der Waals surface area (Å²) in [6.07, 6.45) is 3.28. The van der Waals surface area contributed by atoms with E-state index in [1.807, 2.05) is 0 Å². The van der Waals surface area contributed by atoms with Gasteiger partial charge in [0.2, 0.25) is 5.91 Å². The Morgan fingerprint density at radius 2 is 2.04 bits per heavy atom. The van der Waals surface area contributed by atoms with Crippen molar-refractivity contribution in [3.63, 3.8) is 0 Å². The number of halogens is 2. The van der Waals surface area contributed by atoms with Gasteiger partial charge in [-0.05, 0) is 37.3 Å². The molecule has 0 bridgehead atoms. The minimum atomic E-state index is -0.863. The zero-order valence-electron chi connectivity index (χ0n) is 13.1. The number of hydrogen-bond acceptors (Lipinski definition) is 4. The van der Waals surface area contributed by atoms with Crippen LogP contribution in [0.2, 0.25) is 10.0 Å². The van der Waals surface area contributed by atoms with Gasteiger partial charge in [0, 0.05) is 23.5 Å². The number of nitrogens with zero attached hydrogens (tertiary/aromatic N) is 4. The van der Waals surface area contributed by atoms with Crippen molar-refractivity contribution in [2.24, 2.45) is 0 Å². The Balaban J connectivity index is 1.88. The van der Waals surface area contributed by atoms with Crippen LogP contribution in [0.1, 0.15) is 13.0 Å². The summed E-state index contributed by atoms with van der Waals surface area (Å²) in [6, 6.07) is 8.46. The van der Waals surface area contributed by atoms with Crippen LogP contribution in [0.15, 0.2) is 53.6 Å². The first-order valence-electron chi connectivity index (χ1n) is 7.31. The minimum absolute atomic E-state index is 0.343. The monoisotopic (exact) mass is 377 g/mol. The molecule has 0 aliphatic rings. The highest BCUT2D eigenvalue weighted by Gasteiger charge is 2.19. The fourth-order valence-electron chi connectivity index (χ4n) is 2.16. The lowest BCUT2D eigenvalue weighted by Crippen LogP contribution is -2.33. The van der Waals surface area contributed by atoms with Crippen LogP contribution in [0.25, 0.3) is 5.82 Å². The van der Waals surface area contributed by atoms with E-state index in [1.54, 1.807) is 37.5 Å². The number of carbonyl (C=O) groups is 1. The predicted octanol–water partition coefficient (Wildman–Crippen LogP) is 2.94. The highest BCUT2D eigenvalue weighted by molar-refractivity contribution is 6.35. The van der Waals surface area contributed by atoms with Crippen molar-refractivity contribution in [1.82, 2.24) is 19.6 Å². The summed E-state index contributed by atoms with van der Waals surface area (Å²) in [5.41, 5.74) is -0.0435. The molecule has 0 aliphatic heterocycles. The molecule has 2 aromatic heterocycles. The molecular formula is C16H13Cl2N5O2. The van der Waals surface area contributed by atoms with Crippen molar-refractivity contribution in [3.05, 3.63) is 69.2 Å². The van der Waals surface area contributed by atoms with Gasteiger partial charge in [-0.15, -0.1) is 5.10 Å². The van der Waals surface area contributed by atoms with Gasteiger partial charge >= 0.3 is 0 Å². The Kier molecular flexibility index (Phi) is 4.87. The van der Waals surface area contributed by atoms with E-state index in [4.69, 9.17) is 23.2 Å². The molecular weight excluding hydrogens is 365 g/mol. The summed E-state index contributed by atoms with van der Waals surface area (Å²) in [4.78, 5) is 24.6. The van der Waals surface area contributed by atoms with E-state index in [9.17, 15) is 9.59 Å². The lowest BCUT2D eigenvalue weighted by Gasteiger charge is -2.15. The second-order valence-corrected chi connectivity index (χ2v) is 6.06. The first-order chi connectivity index (χ1) is 12.0. The summed E-state index contributed by atoms with van der Waals surface area (Å²) in [5.74, 6) is -0.0265. The number of anilines is 1. The van der Waals surface area contributed by atoms with E-state index in [0.29, 0.717) is 21.6 Å². The second kappa shape index (κ2) is 7.08. The molecule has 2 heterocycles. The number of rotatable bonds is 4. The van der Waals surface area contributed by atoms with E-state index in [0.717, 1.165) is 4.68 Å². The molecule has 1 amide bonds. The Morgan fingerprint density at radius 1 is 1.24 bits per heavy atom. The predicted molar refractivity (Wildman–Crippen MR) is 95.4 cm³/mol. The van der Waals surface area contributed by atoms with Crippen molar-refractivity contribution in [2.45, 2.75) is 13.0 Å². The normalized spacial score (nSPS) is 12.0. The summed E-state index contributed by atoms with van der Waals surface area (Å²) >= 11 is 12.0. The average Bonchev–Trinajstić information content (AvgIpc) is 3.12. The summed E-state index contributed by atoms with van der Waals surface area (Å²) in [5, 5.41) is 11.7. The number of nitrogens with one attached hydrogen (secondary N) is 1. The maximum atomic E-state index is 12.5. The molecule has 3 rings (SSSR count). The summed E-state index contributed by atoms with van der Waals surface area (Å²) in [7, 11) is 0. The van der Waals surface area contributed by atoms with Crippen molar-refractivity contribution in [1.29, 1.82) is 0 Å². The van der Waals surface area contributed by atoms with Crippen LogP contribution in [0.4, 0.5) is 5.69 Å². The van der Waals surface area contributed by atoms with Gasteiger partial charge in [-0.25, -0.2) is 9.36 Å². The molecule has 25 heavy (non-hydrogen) atoms. The lowest BCUT2D eigenvalue weighted by molar-refractivity contribution is -0.119. The molecule has 0 fully saturated rings. The van der Waals surface area contributed by atoms with Crippen molar-refractivity contribution < 1.29 is 4.79 Å². The molecule has 9 heteroatoms. The minimum Gasteiger partial charge on any atom is -0.323 e. The molecule has 3 aromatic rings. The fourth-order valence-corrected chi connectivity index (χ4v) is 2.50. The van der Waals surface area contributed by atoms with Crippen molar-refractivity contribution >= 4 is 34.8 Å². The van der Waals surface area contributed by atoms with Gasteiger partial charge in [0.05, 0.1) is 10.7 Å². The third-order valence-electron chi connectivity index (χ3n) is 3.48. The van der Waals surface area contributed by atoms with Crippen LogP contribution >= 0.6 is 23.2 Å². The first kappa shape index (κ1) is 17.2. The topological polar surface area (TPSA) is 81.8 Å². The van der Waals surface area contributed by atoms with Gasteiger partial charge < -0.3 is 5.32 Å². The molecule has 0 radical (unpaired) electrons. The Bertz CT molecular complexity index is 969. The van der Waals surface area contributed by atoms with Crippen molar-refractivity contribution in [2.75, 3.05) is 5.32 Å². The molecule has 1 aromatic carbocycles. The maximum absolute atomic E-state index is 12.5. The van der Waals surface area contributed by atoms with E-state index in [1.165, 1.54) is 22.9 Å². The summed E-state index contributed by atoms with van der Waals surface area (Å²) < 4.78 is 2.58. The number of amides is 1. The van der Waals surface area contributed by atoms with Crippen LogP contribution in [-0.4, -0.2) is 25.5 Å². The van der Waals surface area contributed by atoms with E-state index in [2.05, 4.69) is 15.5 Å². The van der Waals surface area contributed by atoms with E-state index >= 15 is 0 Å². The van der Waals surface area contributed by atoms with E-state index in [-0.39, 0.29) is 0 Å². The second-order valence-electron chi connectivity index (χ2n) is 5.21.